The van der Waals surface area contributed by atoms with Crippen LogP contribution >= 0.6 is 11.3 Å². The second kappa shape index (κ2) is 7.62. The molecule has 1 aliphatic carbocycles. The molecule has 2 aromatic rings. The summed E-state index contributed by atoms with van der Waals surface area (Å²) >= 11 is 1.73. The third kappa shape index (κ3) is 4.58. The second-order valence-corrected chi connectivity index (χ2v) is 6.76. The predicted molar refractivity (Wildman–Crippen MR) is 88.8 cm³/mol. The number of nitrogens with one attached hydrogen (secondary N) is 1. The maximum atomic E-state index is 5.79. The summed E-state index contributed by atoms with van der Waals surface area (Å²) in [6, 6.07) is 13.4. The van der Waals surface area contributed by atoms with Gasteiger partial charge >= 0.3 is 0 Å². The highest BCUT2D eigenvalue weighted by Crippen LogP contribution is 2.19. The van der Waals surface area contributed by atoms with Gasteiger partial charge in [-0.05, 0) is 42.0 Å². The van der Waals surface area contributed by atoms with Crippen LogP contribution < -0.4 is 10.1 Å². The molecule has 1 aromatic carbocycles. The van der Waals surface area contributed by atoms with Crippen LogP contribution in [0.25, 0.3) is 0 Å². The lowest BCUT2D eigenvalue weighted by Crippen LogP contribution is -2.30. The minimum atomic E-state index is 0.664. The van der Waals surface area contributed by atoms with Gasteiger partial charge in [-0.1, -0.05) is 37.5 Å². The molecule has 0 saturated heterocycles. The first-order valence-electron chi connectivity index (χ1n) is 7.88. The van der Waals surface area contributed by atoms with Crippen molar-refractivity contribution in [2.24, 2.45) is 0 Å². The normalized spacial score (nSPS) is 16.0. The van der Waals surface area contributed by atoms with Gasteiger partial charge in [0, 0.05) is 17.5 Å². The van der Waals surface area contributed by atoms with Gasteiger partial charge in [0.15, 0.2) is 0 Å². The molecule has 1 N–H and O–H groups in total. The molecule has 3 heteroatoms. The van der Waals surface area contributed by atoms with Gasteiger partial charge in [-0.25, -0.2) is 0 Å². The summed E-state index contributed by atoms with van der Waals surface area (Å²) in [5.41, 5.74) is 1.34. The third-order valence-corrected chi connectivity index (χ3v) is 4.93. The molecule has 1 aliphatic rings. The summed E-state index contributed by atoms with van der Waals surface area (Å²) in [5, 5.41) is 5.75. The zero-order chi connectivity index (χ0) is 14.3. The van der Waals surface area contributed by atoms with E-state index in [0.717, 1.165) is 12.3 Å². The number of hydrogen-bond donors (Lipinski definition) is 1. The highest BCUT2D eigenvalue weighted by Gasteiger charge is 2.12. The van der Waals surface area contributed by atoms with Gasteiger partial charge in [0.05, 0.1) is 0 Å². The zero-order valence-corrected chi connectivity index (χ0v) is 13.2. The molecule has 1 fully saturated rings. The molecule has 0 spiro atoms. The molecular weight excluding hydrogens is 278 g/mol. The van der Waals surface area contributed by atoms with E-state index < -0.39 is 0 Å². The van der Waals surface area contributed by atoms with Gasteiger partial charge in [0.1, 0.15) is 12.4 Å². The molecule has 0 amide bonds. The Kier molecular flexibility index (Phi) is 5.30. The van der Waals surface area contributed by atoms with E-state index in [1.807, 2.05) is 0 Å². The predicted octanol–water partition coefficient (Wildman–Crippen LogP) is 4.75. The number of rotatable bonds is 6. The van der Waals surface area contributed by atoms with Crippen LogP contribution in [0.3, 0.4) is 0 Å². The Hall–Kier alpha value is -1.32. The molecule has 1 saturated carbocycles. The first-order chi connectivity index (χ1) is 10.4. The lowest BCUT2D eigenvalue weighted by atomic mass is 9.95. The Morgan fingerprint density at radius 2 is 1.86 bits per heavy atom. The van der Waals surface area contributed by atoms with Gasteiger partial charge < -0.3 is 10.1 Å². The molecule has 21 heavy (non-hydrogen) atoms. The van der Waals surface area contributed by atoms with E-state index in [4.69, 9.17) is 4.74 Å². The topological polar surface area (TPSA) is 21.3 Å². The highest BCUT2D eigenvalue weighted by atomic mass is 32.1. The largest absolute Gasteiger partial charge is 0.488 e. The fraction of sp³-hybridized carbons (Fsp3) is 0.444. The lowest BCUT2D eigenvalue weighted by molar-refractivity contribution is 0.309. The van der Waals surface area contributed by atoms with Crippen LogP contribution in [0.5, 0.6) is 5.75 Å². The summed E-state index contributed by atoms with van der Waals surface area (Å²) in [6.07, 6.45) is 6.85. The Bertz CT molecular complexity index is 515. The third-order valence-electron chi connectivity index (χ3n) is 4.08. The Balaban J connectivity index is 1.44. The van der Waals surface area contributed by atoms with Crippen LogP contribution in [0.15, 0.2) is 41.8 Å². The molecule has 0 atom stereocenters. The van der Waals surface area contributed by atoms with E-state index in [1.165, 1.54) is 42.5 Å². The van der Waals surface area contributed by atoms with E-state index in [0.29, 0.717) is 12.6 Å². The summed E-state index contributed by atoms with van der Waals surface area (Å²) in [4.78, 5) is 1.26. The van der Waals surface area contributed by atoms with E-state index in [2.05, 4.69) is 47.1 Å². The number of ether oxygens (including phenoxy) is 1. The van der Waals surface area contributed by atoms with E-state index >= 15 is 0 Å². The van der Waals surface area contributed by atoms with E-state index in [-0.39, 0.29) is 0 Å². The van der Waals surface area contributed by atoms with Crippen LogP contribution in [-0.2, 0) is 13.2 Å². The van der Waals surface area contributed by atoms with Crippen molar-refractivity contribution in [2.45, 2.75) is 51.3 Å². The van der Waals surface area contributed by atoms with E-state index in [9.17, 15) is 0 Å². The van der Waals surface area contributed by atoms with Crippen molar-refractivity contribution in [2.75, 3.05) is 0 Å². The number of benzene rings is 1. The smallest absolute Gasteiger partial charge is 0.122 e. The minimum Gasteiger partial charge on any atom is -0.488 e. The van der Waals surface area contributed by atoms with Gasteiger partial charge in [-0.2, -0.15) is 0 Å². The summed E-state index contributed by atoms with van der Waals surface area (Å²) in [5.74, 6) is 0.949. The molecule has 3 rings (SSSR count). The molecule has 0 radical (unpaired) electrons. The minimum absolute atomic E-state index is 0.664. The zero-order valence-electron chi connectivity index (χ0n) is 12.4. The first kappa shape index (κ1) is 14.6. The van der Waals surface area contributed by atoms with Gasteiger partial charge in [-0.15, -0.1) is 11.3 Å². The van der Waals surface area contributed by atoms with Crippen LogP contribution in [0.1, 0.15) is 42.5 Å². The fourth-order valence-electron chi connectivity index (χ4n) is 2.82. The summed E-state index contributed by atoms with van der Waals surface area (Å²) in [7, 11) is 0. The van der Waals surface area contributed by atoms with Crippen molar-refractivity contribution in [3.63, 3.8) is 0 Å². The first-order valence-corrected chi connectivity index (χ1v) is 8.75. The summed E-state index contributed by atoms with van der Waals surface area (Å²) in [6.45, 7) is 1.63. The Morgan fingerprint density at radius 3 is 2.57 bits per heavy atom. The van der Waals surface area contributed by atoms with Crippen LogP contribution in [0, 0.1) is 0 Å². The standard InChI is InChI=1S/C18H23NOS/c1-2-5-16(6-3-1)19-13-15-8-10-17(11-9-15)20-14-18-7-4-12-21-18/h4,7-12,16,19H,1-3,5-6,13-14H2. The van der Waals surface area contributed by atoms with Crippen molar-refractivity contribution >= 4 is 11.3 Å². The van der Waals surface area contributed by atoms with Crippen molar-refractivity contribution in [3.8, 4) is 5.75 Å². The molecular formula is C18H23NOS. The van der Waals surface area contributed by atoms with Crippen molar-refractivity contribution in [1.82, 2.24) is 5.32 Å². The molecule has 1 heterocycles. The van der Waals surface area contributed by atoms with Gasteiger partial charge in [0.25, 0.3) is 0 Å². The maximum absolute atomic E-state index is 5.79. The Labute approximate surface area is 131 Å². The average Bonchev–Trinajstić information content (AvgIpc) is 3.06. The van der Waals surface area contributed by atoms with E-state index in [1.54, 1.807) is 11.3 Å². The molecule has 0 unspecified atom stereocenters. The monoisotopic (exact) mass is 301 g/mol. The maximum Gasteiger partial charge on any atom is 0.122 e. The molecule has 0 bridgehead atoms. The molecule has 0 aliphatic heterocycles. The highest BCUT2D eigenvalue weighted by molar-refractivity contribution is 7.09. The lowest BCUT2D eigenvalue weighted by Gasteiger charge is -2.22. The number of thiophene rings is 1. The van der Waals surface area contributed by atoms with Crippen LogP contribution in [0.4, 0.5) is 0 Å². The van der Waals surface area contributed by atoms with Crippen molar-refractivity contribution < 1.29 is 4.74 Å². The molecule has 112 valence electrons. The molecule has 2 nitrogen and oxygen atoms in total. The van der Waals surface area contributed by atoms with Crippen LogP contribution in [0.2, 0.25) is 0 Å². The number of hydrogen-bond acceptors (Lipinski definition) is 3. The van der Waals surface area contributed by atoms with Gasteiger partial charge in [-0.3, -0.25) is 0 Å². The fourth-order valence-corrected chi connectivity index (χ4v) is 3.44. The van der Waals surface area contributed by atoms with Crippen molar-refractivity contribution in [1.29, 1.82) is 0 Å². The van der Waals surface area contributed by atoms with Crippen molar-refractivity contribution in [3.05, 3.63) is 52.2 Å². The second-order valence-electron chi connectivity index (χ2n) is 5.73. The van der Waals surface area contributed by atoms with Gasteiger partial charge in [0.2, 0.25) is 0 Å². The van der Waals surface area contributed by atoms with Crippen LogP contribution in [-0.4, -0.2) is 6.04 Å². The molecule has 1 aromatic heterocycles. The average molecular weight is 301 g/mol. The summed E-state index contributed by atoms with van der Waals surface area (Å²) < 4.78 is 5.79. The quantitative estimate of drug-likeness (QED) is 0.831. The SMILES string of the molecule is c1csc(COc2ccc(CNC3CCCCC3)cc2)c1. The Morgan fingerprint density at radius 1 is 1.05 bits per heavy atom.